The minimum Gasteiger partial charge on any atom is -0.490 e. The minimum absolute atomic E-state index is 0.138. The van der Waals surface area contributed by atoms with Crippen LogP contribution in [0.5, 0.6) is 17.2 Å². The number of halogens is 2. The molecule has 2 unspecified atom stereocenters. The third kappa shape index (κ3) is 6.63. The SMILES string of the molecule is NC1CC2CCC(C1)N2C(=O)[C@H](NS(=O)(=O)c1ccc2cc(OC3CCCC3)ccc2c1)C(F)(F)c1ccc(Oc2ccccc2)cc1. The number of carbonyl (C=O) groups is 1. The Balaban J connectivity index is 1.18. The van der Waals surface area contributed by atoms with Crippen molar-refractivity contribution in [2.75, 3.05) is 0 Å². The van der Waals surface area contributed by atoms with E-state index in [1.807, 2.05) is 12.1 Å². The maximum Gasteiger partial charge on any atom is 0.298 e. The van der Waals surface area contributed by atoms with Gasteiger partial charge in [-0.3, -0.25) is 4.79 Å². The van der Waals surface area contributed by atoms with Crippen LogP contribution in [0.15, 0.2) is 95.9 Å². The van der Waals surface area contributed by atoms with Crippen molar-refractivity contribution in [2.45, 2.75) is 92.5 Å². The normalized spacial score (nSPS) is 22.1. The van der Waals surface area contributed by atoms with Crippen LogP contribution < -0.4 is 19.9 Å². The number of ether oxygens (including phenoxy) is 2. The molecule has 1 amide bonds. The number of hydrogen-bond acceptors (Lipinski definition) is 6. The van der Waals surface area contributed by atoms with E-state index < -0.39 is 33.5 Å². The number of para-hydroxylation sites is 1. The van der Waals surface area contributed by atoms with E-state index in [1.165, 1.54) is 29.2 Å². The molecule has 7 rings (SSSR count). The number of hydrogen-bond donors (Lipinski definition) is 2. The molecule has 4 aromatic carbocycles. The molecule has 3 N–H and O–H groups in total. The second kappa shape index (κ2) is 13.1. The maximum absolute atomic E-state index is 16.6. The summed E-state index contributed by atoms with van der Waals surface area (Å²) in [6, 6.07) is 20.6. The number of nitrogens with two attached hydrogens (primary N) is 1. The van der Waals surface area contributed by atoms with E-state index in [1.54, 1.807) is 42.5 Å². The topological polar surface area (TPSA) is 111 Å². The van der Waals surface area contributed by atoms with Crippen molar-refractivity contribution in [1.82, 2.24) is 9.62 Å². The summed E-state index contributed by atoms with van der Waals surface area (Å²) in [7, 11) is -4.59. The average molecular weight is 676 g/mol. The largest absolute Gasteiger partial charge is 0.490 e. The van der Waals surface area contributed by atoms with Crippen molar-refractivity contribution in [2.24, 2.45) is 5.73 Å². The molecule has 2 bridgehead atoms. The summed E-state index contributed by atoms with van der Waals surface area (Å²) in [5, 5.41) is 1.35. The van der Waals surface area contributed by atoms with Gasteiger partial charge in [-0.1, -0.05) is 30.3 Å². The Morgan fingerprint density at radius 2 is 1.42 bits per heavy atom. The van der Waals surface area contributed by atoms with Crippen LogP contribution in [0.25, 0.3) is 10.8 Å². The maximum atomic E-state index is 16.6. The zero-order valence-electron chi connectivity index (χ0n) is 26.4. The highest BCUT2D eigenvalue weighted by molar-refractivity contribution is 7.89. The molecule has 3 aliphatic rings. The molecule has 3 atom stereocenters. The summed E-state index contributed by atoms with van der Waals surface area (Å²) < 4.78 is 74.9. The Morgan fingerprint density at radius 3 is 2.10 bits per heavy atom. The standard InChI is InChI=1S/C37H39F2N3O5S/c38-37(39,26-12-17-32(18-13-26)46-30-6-2-1-3-7-30)35(36(43)42-28-14-15-29(42)23-27(40)22-28)41-48(44,45)34-19-11-24-20-33(16-10-25(24)21-34)47-31-8-4-5-9-31/h1-3,6-7,10-13,16-21,27-29,31,35,41H,4-5,8-9,14-15,22-23,40H2/t27?,28?,29?,35-/m0/s1. The first-order chi connectivity index (χ1) is 23.1. The van der Waals surface area contributed by atoms with Gasteiger partial charge in [-0.15, -0.1) is 0 Å². The third-order valence-corrected chi connectivity index (χ3v) is 11.2. The van der Waals surface area contributed by atoms with Gasteiger partial charge in [0.15, 0.2) is 6.04 Å². The van der Waals surface area contributed by atoms with Crippen LogP contribution in [0, 0.1) is 0 Å². The fourth-order valence-electron chi connectivity index (χ4n) is 7.41. The van der Waals surface area contributed by atoms with E-state index in [2.05, 4.69) is 4.72 Å². The van der Waals surface area contributed by atoms with Gasteiger partial charge in [-0.05, 0) is 123 Å². The van der Waals surface area contributed by atoms with Crippen molar-refractivity contribution >= 4 is 26.7 Å². The molecule has 0 aromatic heterocycles. The molecule has 11 heteroatoms. The first kappa shape index (κ1) is 32.5. The van der Waals surface area contributed by atoms with Crippen LogP contribution in [0.2, 0.25) is 0 Å². The first-order valence-corrected chi connectivity index (χ1v) is 18.1. The Labute approximate surface area is 279 Å². The number of fused-ring (bicyclic) bond motifs is 3. The molecular weight excluding hydrogens is 636 g/mol. The fraction of sp³-hybridized carbons (Fsp3) is 0.378. The zero-order chi connectivity index (χ0) is 33.5. The van der Waals surface area contributed by atoms with Crippen molar-refractivity contribution < 1.29 is 31.5 Å². The molecule has 2 aliphatic heterocycles. The molecule has 3 fully saturated rings. The van der Waals surface area contributed by atoms with E-state index >= 15 is 8.78 Å². The molecule has 2 saturated heterocycles. The number of rotatable bonds is 10. The lowest BCUT2D eigenvalue weighted by atomic mass is 9.94. The Hall–Kier alpha value is -4.06. The van der Waals surface area contributed by atoms with Gasteiger partial charge in [0.2, 0.25) is 15.9 Å². The van der Waals surface area contributed by atoms with E-state index in [-0.39, 0.29) is 29.1 Å². The molecule has 252 valence electrons. The summed E-state index contributed by atoms with van der Waals surface area (Å²) in [6.07, 6.45) is 6.68. The molecule has 2 heterocycles. The van der Waals surface area contributed by atoms with Crippen LogP contribution in [0.1, 0.15) is 56.9 Å². The molecule has 0 spiro atoms. The molecule has 8 nitrogen and oxygen atoms in total. The van der Waals surface area contributed by atoms with Gasteiger partial charge < -0.3 is 20.1 Å². The van der Waals surface area contributed by atoms with E-state index in [0.717, 1.165) is 43.2 Å². The summed E-state index contributed by atoms with van der Waals surface area (Å²) >= 11 is 0. The summed E-state index contributed by atoms with van der Waals surface area (Å²) in [4.78, 5) is 15.4. The average Bonchev–Trinajstić information content (AvgIpc) is 3.69. The smallest absolute Gasteiger partial charge is 0.298 e. The van der Waals surface area contributed by atoms with E-state index in [9.17, 15) is 13.2 Å². The zero-order valence-corrected chi connectivity index (χ0v) is 27.3. The second-order valence-corrected chi connectivity index (χ2v) is 14.9. The van der Waals surface area contributed by atoms with Gasteiger partial charge in [0.1, 0.15) is 17.2 Å². The van der Waals surface area contributed by atoms with Crippen LogP contribution in [0.4, 0.5) is 8.78 Å². The highest BCUT2D eigenvalue weighted by Crippen LogP contribution is 2.40. The van der Waals surface area contributed by atoms with Crippen LogP contribution in [-0.2, 0) is 20.7 Å². The molecule has 0 radical (unpaired) electrons. The van der Waals surface area contributed by atoms with Crippen molar-refractivity contribution in [1.29, 1.82) is 0 Å². The molecular formula is C37H39F2N3O5S. The van der Waals surface area contributed by atoms with Crippen LogP contribution in [0.3, 0.4) is 0 Å². The quantitative estimate of drug-likeness (QED) is 0.190. The van der Waals surface area contributed by atoms with Crippen LogP contribution >= 0.6 is 0 Å². The number of benzene rings is 4. The number of sulfonamides is 1. The molecule has 48 heavy (non-hydrogen) atoms. The lowest BCUT2D eigenvalue weighted by Gasteiger charge is -2.41. The van der Waals surface area contributed by atoms with E-state index in [4.69, 9.17) is 15.2 Å². The predicted octanol–water partition coefficient (Wildman–Crippen LogP) is 6.87. The predicted molar refractivity (Wildman–Crippen MR) is 179 cm³/mol. The number of nitrogens with one attached hydrogen (secondary N) is 1. The van der Waals surface area contributed by atoms with Gasteiger partial charge in [-0.25, -0.2) is 8.42 Å². The summed E-state index contributed by atoms with van der Waals surface area (Å²) in [6.45, 7) is 0. The molecule has 4 aromatic rings. The third-order valence-electron chi connectivity index (χ3n) is 9.82. The highest BCUT2D eigenvalue weighted by Gasteiger charge is 2.53. The number of amides is 1. The monoisotopic (exact) mass is 675 g/mol. The van der Waals surface area contributed by atoms with Gasteiger partial charge in [0, 0.05) is 23.7 Å². The fourth-order valence-corrected chi connectivity index (χ4v) is 8.63. The Bertz CT molecular complexity index is 1870. The van der Waals surface area contributed by atoms with Gasteiger partial charge >= 0.3 is 0 Å². The van der Waals surface area contributed by atoms with Crippen molar-refractivity contribution in [3.8, 4) is 17.2 Å². The second-order valence-electron chi connectivity index (χ2n) is 13.2. The molecule has 1 saturated carbocycles. The molecule has 1 aliphatic carbocycles. The lowest BCUT2D eigenvalue weighted by Crippen LogP contribution is -2.60. The van der Waals surface area contributed by atoms with Gasteiger partial charge in [0.25, 0.3) is 5.92 Å². The van der Waals surface area contributed by atoms with Gasteiger partial charge in [-0.2, -0.15) is 13.5 Å². The van der Waals surface area contributed by atoms with Crippen molar-refractivity contribution in [3.05, 3.63) is 96.6 Å². The van der Waals surface area contributed by atoms with E-state index in [0.29, 0.717) is 48.3 Å². The highest BCUT2D eigenvalue weighted by atomic mass is 32.2. The number of nitrogens with zero attached hydrogens (tertiary/aromatic N) is 1. The Kier molecular flexibility index (Phi) is 8.86. The number of carbonyl (C=O) groups excluding carboxylic acids is 1. The number of piperidine rings is 1. The Morgan fingerprint density at radius 1 is 0.812 bits per heavy atom. The summed E-state index contributed by atoms with van der Waals surface area (Å²) in [5.41, 5.74) is 5.68. The van der Waals surface area contributed by atoms with Crippen molar-refractivity contribution in [3.63, 3.8) is 0 Å². The lowest BCUT2D eigenvalue weighted by molar-refractivity contribution is -0.149. The van der Waals surface area contributed by atoms with Crippen LogP contribution in [-0.4, -0.2) is 49.5 Å². The minimum atomic E-state index is -4.59. The van der Waals surface area contributed by atoms with Gasteiger partial charge in [0.05, 0.1) is 11.0 Å². The first-order valence-electron chi connectivity index (χ1n) is 16.6. The summed E-state index contributed by atoms with van der Waals surface area (Å²) in [5.74, 6) is -3.31. The number of alkyl halides is 2.